The first-order chi connectivity index (χ1) is 18.3. The molecule has 0 bridgehead atoms. The average molecular weight is 610 g/mol. The Hall–Kier alpha value is -0.180. The van der Waals surface area contributed by atoms with Gasteiger partial charge in [-0.15, -0.1) is 0 Å². The second-order valence-corrected chi connectivity index (χ2v) is 18.2. The highest BCUT2D eigenvalue weighted by Crippen LogP contribution is 2.24. The fourth-order valence-electron chi connectivity index (χ4n) is 3.37. The van der Waals surface area contributed by atoms with Crippen molar-refractivity contribution in [2.45, 2.75) is 163 Å². The van der Waals surface area contributed by atoms with Crippen molar-refractivity contribution in [3.05, 3.63) is 0 Å². The van der Waals surface area contributed by atoms with Crippen LogP contribution < -0.4 is 0 Å². The predicted molar refractivity (Wildman–Crippen MR) is 184 cm³/mol. The molecular weight excluding hydrogens is 534 g/mol. The Morgan fingerprint density at radius 3 is 1.44 bits per heavy atom. The van der Waals surface area contributed by atoms with Crippen LogP contribution in [0.5, 0.6) is 0 Å². The Labute approximate surface area is 259 Å². The van der Waals surface area contributed by atoms with Crippen LogP contribution in [0.3, 0.4) is 0 Å². The summed E-state index contributed by atoms with van der Waals surface area (Å²) in [7, 11) is 2.27. The van der Waals surface area contributed by atoms with Crippen LogP contribution >= 0.6 is 0 Å². The molecule has 1 saturated carbocycles. The summed E-state index contributed by atoms with van der Waals surface area (Å²) in [4.78, 5) is 2.12. The molecule has 1 rings (SSSR count). The first-order valence-corrected chi connectivity index (χ1v) is 18.1. The number of hydrogen-bond acceptors (Lipinski definition) is 6. The summed E-state index contributed by atoms with van der Waals surface area (Å²) < 4.78 is 33.4. The third-order valence-electron chi connectivity index (χ3n) is 5.14. The highest BCUT2D eigenvalue weighted by molar-refractivity contribution is 7.99. The van der Waals surface area contributed by atoms with Crippen molar-refractivity contribution in [1.29, 1.82) is 0 Å². The zero-order valence-corrected chi connectivity index (χ0v) is 31.5. The highest BCUT2D eigenvalue weighted by atomic mass is 32.2. The molecule has 6 nitrogen and oxygen atoms in total. The molecule has 0 aliphatic heterocycles. The second-order valence-electron chi connectivity index (χ2n) is 15.4. The van der Waals surface area contributed by atoms with Gasteiger partial charge in [0.2, 0.25) is 0 Å². The molecule has 1 unspecified atom stereocenters. The van der Waals surface area contributed by atoms with E-state index in [1.165, 1.54) is 32.1 Å². The van der Waals surface area contributed by atoms with Crippen molar-refractivity contribution in [1.82, 2.24) is 4.90 Å². The van der Waals surface area contributed by atoms with E-state index in [9.17, 15) is 4.21 Å². The molecule has 252 valence electrons. The van der Waals surface area contributed by atoms with Gasteiger partial charge in [-0.25, -0.2) is 0 Å². The van der Waals surface area contributed by atoms with E-state index in [4.69, 9.17) is 18.9 Å². The smallest absolute Gasteiger partial charge is 0.0602 e. The molecule has 1 aliphatic rings. The topological polar surface area (TPSA) is 57.2 Å². The van der Waals surface area contributed by atoms with E-state index in [-0.39, 0.29) is 22.4 Å². The van der Waals surface area contributed by atoms with Gasteiger partial charge in [0.1, 0.15) is 0 Å². The van der Waals surface area contributed by atoms with Gasteiger partial charge in [0.25, 0.3) is 0 Å². The van der Waals surface area contributed by atoms with Gasteiger partial charge in [-0.05, 0) is 138 Å². The molecule has 1 aliphatic carbocycles. The van der Waals surface area contributed by atoms with Crippen molar-refractivity contribution in [3.8, 4) is 0 Å². The van der Waals surface area contributed by atoms with Gasteiger partial charge < -0.3 is 23.8 Å². The number of ether oxygens (including phenoxy) is 4. The van der Waals surface area contributed by atoms with Gasteiger partial charge in [0, 0.05) is 31.8 Å². The summed E-state index contributed by atoms with van der Waals surface area (Å²) in [5.41, 5.74) is 0.0316. The lowest BCUT2D eigenvalue weighted by molar-refractivity contribution is -0.0732. The third-order valence-corrected chi connectivity index (χ3v) is 6.29. The molecule has 7 heteroatoms. The molecular formula is C34H75NO5S. The van der Waals surface area contributed by atoms with Crippen molar-refractivity contribution >= 4 is 15.4 Å². The fourth-order valence-corrected chi connectivity index (χ4v) is 4.10. The first kappa shape index (κ1) is 45.3. The molecule has 0 radical (unpaired) electrons. The van der Waals surface area contributed by atoms with E-state index >= 15 is 0 Å². The summed E-state index contributed by atoms with van der Waals surface area (Å²) in [5, 5.41) is 0. The first-order valence-electron chi connectivity index (χ1n) is 15.8. The number of likely N-dealkylation sites (N-methyl/N-ethyl adjacent to an activating group) is 1. The standard InChI is InChI=1S/C10H20O.C9H20O2S.C8H19NO.C7H16O/c1-10(2,3)11-9-7-5-4-6-8-9;1-9(2,3)11-7-6-8-12(4,5)10;1-8(2,3)10-7-6-9(4)5;1-5-6-8-7(2,3)4/h9H,4-8H2,1-3H3;4,6-8H2,1-3,5H3;6-7H2,1-5H3;5-6H2,1-4H3. The van der Waals surface area contributed by atoms with Crippen LogP contribution in [-0.2, 0) is 28.5 Å². The van der Waals surface area contributed by atoms with Gasteiger partial charge in [0.05, 0.1) is 35.1 Å². The van der Waals surface area contributed by atoms with Crippen molar-refractivity contribution in [2.24, 2.45) is 0 Å². The molecule has 0 saturated heterocycles. The summed E-state index contributed by atoms with van der Waals surface area (Å²) in [5.74, 6) is 4.23. The quantitative estimate of drug-likeness (QED) is 0.184. The molecule has 0 spiro atoms. The molecule has 0 aromatic heterocycles. The van der Waals surface area contributed by atoms with Crippen molar-refractivity contribution < 1.29 is 23.2 Å². The molecule has 0 amide bonds. The monoisotopic (exact) mass is 610 g/mol. The lowest BCUT2D eigenvalue weighted by atomic mass is 9.97. The fraction of sp³-hybridized carbons (Fsp3) is 0.971. The summed E-state index contributed by atoms with van der Waals surface area (Å²) >= 11 is 0. The van der Waals surface area contributed by atoms with Crippen LogP contribution in [0, 0.1) is 0 Å². The lowest BCUT2D eigenvalue weighted by Gasteiger charge is -2.30. The van der Waals surface area contributed by atoms with Crippen LogP contribution in [0.4, 0.5) is 0 Å². The summed E-state index contributed by atoms with van der Waals surface area (Å²) in [6, 6.07) is 0. The Balaban J connectivity index is -0.000000474. The zero-order chi connectivity index (χ0) is 33.0. The largest absolute Gasteiger partial charge is 0.376 e. The Kier molecular flexibility index (Phi) is 24.7. The van der Waals surface area contributed by atoms with Gasteiger partial charge in [0.15, 0.2) is 0 Å². The average Bonchev–Trinajstić information content (AvgIpc) is 2.73. The lowest BCUT2D eigenvalue weighted by Crippen LogP contribution is -2.28. The van der Waals surface area contributed by atoms with Crippen LogP contribution in [0.15, 0.2) is 0 Å². The molecule has 41 heavy (non-hydrogen) atoms. The van der Waals surface area contributed by atoms with Crippen molar-refractivity contribution in [2.75, 3.05) is 52.5 Å². The second kappa shape index (κ2) is 22.3. The maximum atomic E-state index is 11.1. The van der Waals surface area contributed by atoms with Crippen LogP contribution in [-0.4, -0.2) is 96.0 Å². The van der Waals surface area contributed by atoms with E-state index in [1.807, 2.05) is 34.9 Å². The SMILES string of the molecule is C=S(C)(=O)CCCOC(C)(C)C.CC(C)(C)OC1CCCCC1.CCCOC(C)(C)C.CN(C)CCOC(C)(C)C. The molecule has 0 N–H and O–H groups in total. The Bertz CT molecular complexity index is 687. The molecule has 0 aromatic carbocycles. The van der Waals surface area contributed by atoms with Crippen LogP contribution in [0.2, 0.25) is 0 Å². The van der Waals surface area contributed by atoms with Crippen molar-refractivity contribution in [3.63, 3.8) is 0 Å². The molecule has 1 atom stereocenters. The number of rotatable bonds is 10. The predicted octanol–water partition coefficient (Wildman–Crippen LogP) is 8.25. The maximum Gasteiger partial charge on any atom is 0.0602 e. The van der Waals surface area contributed by atoms with E-state index in [0.717, 1.165) is 32.6 Å². The molecule has 1 fully saturated rings. The molecule has 0 heterocycles. The maximum absolute atomic E-state index is 11.1. The van der Waals surface area contributed by atoms with Gasteiger partial charge >= 0.3 is 0 Å². The number of hydrogen-bond donors (Lipinski definition) is 0. The van der Waals surface area contributed by atoms with Gasteiger partial charge in [-0.1, -0.05) is 26.2 Å². The molecule has 0 aromatic rings. The number of nitrogens with zero attached hydrogens (tertiary/aromatic N) is 1. The van der Waals surface area contributed by atoms with E-state index < -0.39 is 9.52 Å². The zero-order valence-electron chi connectivity index (χ0n) is 30.7. The van der Waals surface area contributed by atoms with Gasteiger partial charge in [-0.3, -0.25) is 4.21 Å². The normalized spacial score (nSPS) is 16.4. The Morgan fingerprint density at radius 2 is 1.12 bits per heavy atom. The third kappa shape index (κ3) is 49.8. The summed E-state index contributed by atoms with van der Waals surface area (Å²) in [6.45, 7) is 30.4. The Morgan fingerprint density at radius 1 is 0.707 bits per heavy atom. The minimum absolute atomic E-state index is 0.00993. The van der Waals surface area contributed by atoms with Crippen LogP contribution in [0.1, 0.15) is 135 Å². The minimum Gasteiger partial charge on any atom is -0.376 e. The van der Waals surface area contributed by atoms with E-state index in [1.54, 1.807) is 6.26 Å². The van der Waals surface area contributed by atoms with E-state index in [0.29, 0.717) is 18.5 Å². The van der Waals surface area contributed by atoms with E-state index in [2.05, 4.69) is 80.0 Å². The van der Waals surface area contributed by atoms with Crippen LogP contribution in [0.25, 0.3) is 0 Å². The summed E-state index contributed by atoms with van der Waals surface area (Å²) in [6.07, 6.45) is 10.8. The minimum atomic E-state index is -1.82. The van der Waals surface area contributed by atoms with Gasteiger partial charge in [-0.2, -0.15) is 0 Å². The highest BCUT2D eigenvalue weighted by Gasteiger charge is 2.20.